The summed E-state index contributed by atoms with van der Waals surface area (Å²) in [6.45, 7) is 5.96. The van der Waals surface area contributed by atoms with Crippen molar-refractivity contribution in [1.82, 2.24) is 14.3 Å². The lowest BCUT2D eigenvalue weighted by Gasteiger charge is -2.22. The summed E-state index contributed by atoms with van der Waals surface area (Å²) < 4.78 is 27.5. The first-order valence-electron chi connectivity index (χ1n) is 5.76. The van der Waals surface area contributed by atoms with Gasteiger partial charge in [0.15, 0.2) is 5.03 Å². The van der Waals surface area contributed by atoms with Crippen molar-refractivity contribution in [3.63, 3.8) is 0 Å². The standard InChI is InChI=1S/C11H21N3O3S/c1-11(2,3)5-9(15)6-13-18(16,17)10-7-14(4)8-12-10/h7-9,13,15H,5-6H2,1-4H3. The summed E-state index contributed by atoms with van der Waals surface area (Å²) in [6, 6.07) is 0. The van der Waals surface area contributed by atoms with Gasteiger partial charge < -0.3 is 9.67 Å². The van der Waals surface area contributed by atoms with E-state index in [0.29, 0.717) is 6.42 Å². The van der Waals surface area contributed by atoms with E-state index in [-0.39, 0.29) is 17.0 Å². The molecule has 18 heavy (non-hydrogen) atoms. The number of aliphatic hydroxyl groups is 1. The average Bonchev–Trinajstić information content (AvgIpc) is 2.60. The van der Waals surface area contributed by atoms with Crippen LogP contribution in [-0.4, -0.2) is 35.7 Å². The van der Waals surface area contributed by atoms with Crippen LogP contribution >= 0.6 is 0 Å². The Balaban J connectivity index is 2.58. The topological polar surface area (TPSA) is 84.2 Å². The fraction of sp³-hybridized carbons (Fsp3) is 0.727. The lowest BCUT2D eigenvalue weighted by molar-refractivity contribution is 0.125. The molecule has 0 bridgehead atoms. The third-order valence-electron chi connectivity index (χ3n) is 2.31. The second-order valence-corrected chi connectivity index (χ2v) is 7.36. The largest absolute Gasteiger partial charge is 0.392 e. The van der Waals surface area contributed by atoms with Gasteiger partial charge in [0.1, 0.15) is 0 Å². The zero-order valence-corrected chi connectivity index (χ0v) is 12.0. The molecular weight excluding hydrogens is 254 g/mol. The van der Waals surface area contributed by atoms with Crippen molar-refractivity contribution < 1.29 is 13.5 Å². The summed E-state index contributed by atoms with van der Waals surface area (Å²) in [5.74, 6) is 0. The lowest BCUT2D eigenvalue weighted by Crippen LogP contribution is -2.34. The minimum absolute atomic E-state index is 0.00379. The maximum Gasteiger partial charge on any atom is 0.259 e. The molecule has 0 saturated heterocycles. The summed E-state index contributed by atoms with van der Waals surface area (Å²) in [5, 5.41) is 9.71. The predicted octanol–water partition coefficient (Wildman–Crippen LogP) is 0.495. The summed E-state index contributed by atoms with van der Waals surface area (Å²) in [5.41, 5.74) is -0.0458. The number of rotatable bonds is 5. The van der Waals surface area contributed by atoms with Crippen LogP contribution in [0.25, 0.3) is 0 Å². The molecule has 7 heteroatoms. The van der Waals surface area contributed by atoms with E-state index in [4.69, 9.17) is 0 Å². The molecule has 1 aromatic heterocycles. The molecule has 0 aliphatic heterocycles. The zero-order valence-electron chi connectivity index (χ0n) is 11.2. The molecule has 0 aliphatic carbocycles. The highest BCUT2D eigenvalue weighted by molar-refractivity contribution is 7.89. The molecular formula is C11H21N3O3S. The molecule has 104 valence electrons. The van der Waals surface area contributed by atoms with Crippen LogP contribution in [0.2, 0.25) is 0 Å². The Morgan fingerprint density at radius 3 is 2.56 bits per heavy atom. The minimum atomic E-state index is -3.63. The quantitative estimate of drug-likeness (QED) is 0.819. The van der Waals surface area contributed by atoms with Crippen LogP contribution < -0.4 is 4.72 Å². The molecule has 6 nitrogen and oxygen atoms in total. The Hall–Kier alpha value is -0.920. The van der Waals surface area contributed by atoms with Crippen LogP contribution in [0.3, 0.4) is 0 Å². The molecule has 0 saturated carbocycles. The lowest BCUT2D eigenvalue weighted by atomic mass is 9.89. The third-order valence-corrected chi connectivity index (χ3v) is 3.62. The molecule has 1 aromatic rings. The molecule has 1 heterocycles. The predicted molar refractivity (Wildman–Crippen MR) is 68.5 cm³/mol. The molecule has 0 radical (unpaired) electrons. The smallest absolute Gasteiger partial charge is 0.259 e. The van der Waals surface area contributed by atoms with Crippen LogP contribution in [-0.2, 0) is 17.1 Å². The maximum absolute atomic E-state index is 11.8. The number of nitrogens with zero attached hydrogens (tertiary/aromatic N) is 2. The first-order chi connectivity index (χ1) is 8.10. The number of sulfonamides is 1. The fourth-order valence-corrected chi connectivity index (χ4v) is 2.64. The van der Waals surface area contributed by atoms with Crippen LogP contribution in [0, 0.1) is 5.41 Å². The molecule has 0 aliphatic rings. The van der Waals surface area contributed by atoms with Gasteiger partial charge in [-0.25, -0.2) is 18.1 Å². The van der Waals surface area contributed by atoms with E-state index in [9.17, 15) is 13.5 Å². The molecule has 1 atom stereocenters. The van der Waals surface area contributed by atoms with E-state index < -0.39 is 16.1 Å². The molecule has 1 unspecified atom stereocenters. The van der Waals surface area contributed by atoms with Crippen LogP contribution in [0.15, 0.2) is 17.6 Å². The molecule has 0 amide bonds. The van der Waals surface area contributed by atoms with E-state index in [1.165, 1.54) is 12.5 Å². The number of hydrogen-bond donors (Lipinski definition) is 2. The fourth-order valence-electron chi connectivity index (χ4n) is 1.59. The number of imidazole rings is 1. The number of aromatic nitrogens is 2. The molecule has 2 N–H and O–H groups in total. The zero-order chi connectivity index (χ0) is 14.0. The van der Waals surface area contributed by atoms with E-state index in [1.807, 2.05) is 20.8 Å². The highest BCUT2D eigenvalue weighted by Gasteiger charge is 2.21. The minimum Gasteiger partial charge on any atom is -0.392 e. The Kier molecular flexibility index (Phi) is 4.52. The van der Waals surface area contributed by atoms with Gasteiger partial charge in [0.25, 0.3) is 10.0 Å². The van der Waals surface area contributed by atoms with Gasteiger partial charge in [0.2, 0.25) is 0 Å². The van der Waals surface area contributed by atoms with Crippen molar-refractivity contribution in [3.05, 3.63) is 12.5 Å². The number of aliphatic hydroxyl groups excluding tert-OH is 1. The van der Waals surface area contributed by atoms with Crippen molar-refractivity contribution in [2.75, 3.05) is 6.54 Å². The van der Waals surface area contributed by atoms with Crippen LogP contribution in [0.4, 0.5) is 0 Å². The van der Waals surface area contributed by atoms with Gasteiger partial charge in [-0.3, -0.25) is 0 Å². The van der Waals surface area contributed by atoms with Crippen molar-refractivity contribution in [2.45, 2.75) is 38.3 Å². The monoisotopic (exact) mass is 275 g/mol. The van der Waals surface area contributed by atoms with Gasteiger partial charge in [0, 0.05) is 19.8 Å². The average molecular weight is 275 g/mol. The molecule has 1 rings (SSSR count). The highest BCUT2D eigenvalue weighted by atomic mass is 32.2. The highest BCUT2D eigenvalue weighted by Crippen LogP contribution is 2.20. The van der Waals surface area contributed by atoms with E-state index in [2.05, 4.69) is 9.71 Å². The van der Waals surface area contributed by atoms with Gasteiger partial charge in [-0.15, -0.1) is 0 Å². The normalized spacial score (nSPS) is 14.7. The summed E-state index contributed by atoms with van der Waals surface area (Å²) in [4.78, 5) is 3.77. The van der Waals surface area contributed by atoms with Crippen molar-refractivity contribution in [2.24, 2.45) is 12.5 Å². The van der Waals surface area contributed by atoms with E-state index >= 15 is 0 Å². The first kappa shape index (κ1) is 15.1. The van der Waals surface area contributed by atoms with Gasteiger partial charge >= 0.3 is 0 Å². The summed E-state index contributed by atoms with van der Waals surface area (Å²) >= 11 is 0. The first-order valence-corrected chi connectivity index (χ1v) is 7.24. The van der Waals surface area contributed by atoms with Crippen molar-refractivity contribution >= 4 is 10.0 Å². The van der Waals surface area contributed by atoms with Gasteiger partial charge in [-0.05, 0) is 11.8 Å². The molecule has 0 aromatic carbocycles. The maximum atomic E-state index is 11.8. The Labute approximate surface area is 108 Å². The van der Waals surface area contributed by atoms with E-state index in [1.54, 1.807) is 11.6 Å². The Bertz CT molecular complexity index is 488. The van der Waals surface area contributed by atoms with E-state index in [0.717, 1.165) is 0 Å². The van der Waals surface area contributed by atoms with Gasteiger partial charge in [-0.1, -0.05) is 20.8 Å². The third kappa shape index (κ3) is 4.75. The Morgan fingerprint density at radius 1 is 1.50 bits per heavy atom. The second kappa shape index (κ2) is 5.38. The number of aryl methyl sites for hydroxylation is 1. The molecule has 0 fully saturated rings. The summed E-state index contributed by atoms with van der Waals surface area (Å²) in [7, 11) is -1.94. The number of nitrogens with one attached hydrogen (secondary N) is 1. The van der Waals surface area contributed by atoms with Crippen LogP contribution in [0.1, 0.15) is 27.2 Å². The van der Waals surface area contributed by atoms with Crippen molar-refractivity contribution in [1.29, 1.82) is 0 Å². The molecule has 0 spiro atoms. The van der Waals surface area contributed by atoms with Crippen LogP contribution in [0.5, 0.6) is 0 Å². The Morgan fingerprint density at radius 2 is 2.11 bits per heavy atom. The second-order valence-electron chi connectivity index (χ2n) is 5.65. The SMILES string of the molecule is Cn1cnc(S(=O)(=O)NCC(O)CC(C)(C)C)c1. The summed E-state index contributed by atoms with van der Waals surface area (Å²) in [6.07, 6.45) is 2.65. The van der Waals surface area contributed by atoms with Gasteiger partial charge in [-0.2, -0.15) is 0 Å². The van der Waals surface area contributed by atoms with Gasteiger partial charge in [0.05, 0.1) is 12.4 Å². The van der Waals surface area contributed by atoms with Crippen molar-refractivity contribution in [3.8, 4) is 0 Å². The number of hydrogen-bond acceptors (Lipinski definition) is 4.